The first kappa shape index (κ1) is 23.3. The molecule has 0 heterocycles. The zero-order valence-electron chi connectivity index (χ0n) is 18.3. The second-order valence-corrected chi connectivity index (χ2v) is 8.29. The van der Waals surface area contributed by atoms with Gasteiger partial charge in [0.15, 0.2) is 6.61 Å². The summed E-state index contributed by atoms with van der Waals surface area (Å²) in [5.41, 5.74) is 6.32. The number of halogens is 1. The van der Waals surface area contributed by atoms with Gasteiger partial charge in [0, 0.05) is 12.0 Å². The molecule has 0 radical (unpaired) electrons. The molecule has 34 heavy (non-hydrogen) atoms. The standard InChI is InChI=1S/C27H23BrN2O4/c28-26-23-12-5-4-9-20(23)13-14-24(26)34-18-25(31)29-30-27(32)21-10-6-11-22(17-21)33-16-15-19-7-2-1-3-8-19/h1-14,17H,15-16,18H2,(H,29,31)(H,30,32). The van der Waals surface area contributed by atoms with Gasteiger partial charge in [0.05, 0.1) is 11.1 Å². The van der Waals surface area contributed by atoms with E-state index in [2.05, 4.69) is 26.8 Å². The third-order valence-electron chi connectivity index (χ3n) is 5.10. The van der Waals surface area contributed by atoms with Gasteiger partial charge in [0.25, 0.3) is 11.8 Å². The molecule has 4 aromatic carbocycles. The smallest absolute Gasteiger partial charge is 0.276 e. The van der Waals surface area contributed by atoms with Gasteiger partial charge in [-0.25, -0.2) is 0 Å². The maximum atomic E-state index is 12.4. The van der Waals surface area contributed by atoms with Crippen molar-refractivity contribution in [1.82, 2.24) is 10.9 Å². The lowest BCUT2D eigenvalue weighted by Gasteiger charge is -2.12. The Labute approximate surface area is 206 Å². The molecule has 0 spiro atoms. The molecular formula is C27H23BrN2O4. The molecule has 2 N–H and O–H groups in total. The summed E-state index contributed by atoms with van der Waals surface area (Å²) in [6, 6.07) is 28.4. The van der Waals surface area contributed by atoms with E-state index in [4.69, 9.17) is 9.47 Å². The lowest BCUT2D eigenvalue weighted by atomic mass is 10.1. The second kappa shape index (κ2) is 11.3. The SMILES string of the molecule is O=C(COc1ccc2ccccc2c1Br)NNC(=O)c1cccc(OCCc2ccccc2)c1. The van der Waals surface area contributed by atoms with Gasteiger partial charge < -0.3 is 9.47 Å². The Morgan fingerprint density at radius 1 is 0.794 bits per heavy atom. The van der Waals surface area contributed by atoms with E-state index in [1.54, 1.807) is 30.3 Å². The van der Waals surface area contributed by atoms with Crippen molar-refractivity contribution in [3.63, 3.8) is 0 Å². The average molecular weight is 519 g/mol. The van der Waals surface area contributed by atoms with Gasteiger partial charge in [-0.1, -0.05) is 66.7 Å². The number of ether oxygens (including phenoxy) is 2. The zero-order valence-corrected chi connectivity index (χ0v) is 19.9. The van der Waals surface area contributed by atoms with E-state index >= 15 is 0 Å². The molecule has 0 saturated heterocycles. The van der Waals surface area contributed by atoms with Crippen molar-refractivity contribution in [2.75, 3.05) is 13.2 Å². The molecule has 4 aromatic rings. The summed E-state index contributed by atoms with van der Waals surface area (Å²) < 4.78 is 12.1. The van der Waals surface area contributed by atoms with Crippen LogP contribution >= 0.6 is 15.9 Å². The maximum Gasteiger partial charge on any atom is 0.276 e. The molecule has 0 bridgehead atoms. The fourth-order valence-corrected chi connectivity index (χ4v) is 3.97. The third kappa shape index (κ3) is 6.14. The minimum Gasteiger partial charge on any atom is -0.493 e. The first-order chi connectivity index (χ1) is 16.6. The van der Waals surface area contributed by atoms with Crippen molar-refractivity contribution in [3.8, 4) is 11.5 Å². The summed E-state index contributed by atoms with van der Waals surface area (Å²) in [5.74, 6) is 0.192. The molecule has 2 amide bonds. The van der Waals surface area contributed by atoms with Crippen LogP contribution in [0.5, 0.6) is 11.5 Å². The highest BCUT2D eigenvalue weighted by molar-refractivity contribution is 9.10. The van der Waals surface area contributed by atoms with Gasteiger partial charge >= 0.3 is 0 Å². The molecule has 7 heteroatoms. The quantitative estimate of drug-likeness (QED) is 0.319. The topological polar surface area (TPSA) is 76.7 Å². The summed E-state index contributed by atoms with van der Waals surface area (Å²) in [5, 5.41) is 2.05. The number of carbonyl (C=O) groups is 2. The van der Waals surface area contributed by atoms with Crippen LogP contribution in [0.3, 0.4) is 0 Å². The van der Waals surface area contributed by atoms with Crippen molar-refractivity contribution in [2.24, 2.45) is 0 Å². The summed E-state index contributed by atoms with van der Waals surface area (Å²) in [7, 11) is 0. The number of hydrogen-bond acceptors (Lipinski definition) is 4. The summed E-state index contributed by atoms with van der Waals surface area (Å²) in [6.45, 7) is 0.243. The Hall–Kier alpha value is -3.84. The van der Waals surface area contributed by atoms with Crippen molar-refractivity contribution in [3.05, 3.63) is 107 Å². The van der Waals surface area contributed by atoms with E-state index < -0.39 is 11.8 Å². The number of nitrogens with one attached hydrogen (secondary N) is 2. The molecule has 4 rings (SSSR count). The molecule has 0 fully saturated rings. The van der Waals surface area contributed by atoms with Crippen LogP contribution in [-0.4, -0.2) is 25.0 Å². The lowest BCUT2D eigenvalue weighted by Crippen LogP contribution is -2.43. The fourth-order valence-electron chi connectivity index (χ4n) is 3.36. The summed E-state index contributed by atoms with van der Waals surface area (Å²) >= 11 is 3.52. The van der Waals surface area contributed by atoms with E-state index in [1.165, 1.54) is 5.56 Å². The largest absolute Gasteiger partial charge is 0.493 e. The number of fused-ring (bicyclic) bond motifs is 1. The third-order valence-corrected chi connectivity index (χ3v) is 5.92. The molecule has 0 atom stereocenters. The van der Waals surface area contributed by atoms with E-state index in [0.29, 0.717) is 23.7 Å². The van der Waals surface area contributed by atoms with E-state index in [9.17, 15) is 9.59 Å². The zero-order chi connectivity index (χ0) is 23.8. The predicted molar refractivity (Wildman–Crippen MR) is 135 cm³/mol. The molecule has 172 valence electrons. The number of hydrogen-bond donors (Lipinski definition) is 2. The van der Waals surface area contributed by atoms with Crippen molar-refractivity contribution >= 4 is 38.5 Å². The molecule has 0 aliphatic heterocycles. The molecular weight excluding hydrogens is 496 g/mol. The van der Waals surface area contributed by atoms with E-state index in [0.717, 1.165) is 21.7 Å². The van der Waals surface area contributed by atoms with E-state index in [-0.39, 0.29) is 6.61 Å². The van der Waals surface area contributed by atoms with E-state index in [1.807, 2.05) is 60.7 Å². The Bertz CT molecular complexity index is 1290. The van der Waals surface area contributed by atoms with Gasteiger partial charge in [-0.05, 0) is 56.5 Å². The van der Waals surface area contributed by atoms with Crippen LogP contribution in [-0.2, 0) is 11.2 Å². The van der Waals surface area contributed by atoms with Gasteiger partial charge in [-0.15, -0.1) is 0 Å². The second-order valence-electron chi connectivity index (χ2n) is 7.50. The minimum atomic E-state index is -0.483. The fraction of sp³-hybridized carbons (Fsp3) is 0.111. The van der Waals surface area contributed by atoms with Gasteiger partial charge in [-0.2, -0.15) is 0 Å². The number of rotatable bonds is 8. The van der Waals surface area contributed by atoms with Crippen LogP contribution in [0.15, 0.2) is 95.5 Å². The average Bonchev–Trinajstić information content (AvgIpc) is 2.88. The maximum absolute atomic E-state index is 12.4. The Morgan fingerprint density at radius 2 is 1.59 bits per heavy atom. The number of amides is 2. The van der Waals surface area contributed by atoms with Crippen LogP contribution < -0.4 is 20.3 Å². The highest BCUT2D eigenvalue weighted by Crippen LogP contribution is 2.32. The first-order valence-corrected chi connectivity index (χ1v) is 11.6. The van der Waals surface area contributed by atoms with Crippen LogP contribution in [0, 0.1) is 0 Å². The van der Waals surface area contributed by atoms with Crippen molar-refractivity contribution < 1.29 is 19.1 Å². The normalized spacial score (nSPS) is 10.5. The number of benzene rings is 4. The van der Waals surface area contributed by atoms with Gasteiger partial charge in [0.2, 0.25) is 0 Å². The molecule has 0 aliphatic rings. The Kier molecular flexibility index (Phi) is 7.78. The Balaban J connectivity index is 1.25. The molecule has 0 aliphatic carbocycles. The van der Waals surface area contributed by atoms with Crippen LogP contribution in [0.4, 0.5) is 0 Å². The van der Waals surface area contributed by atoms with Crippen LogP contribution in [0.1, 0.15) is 15.9 Å². The molecule has 6 nitrogen and oxygen atoms in total. The lowest BCUT2D eigenvalue weighted by molar-refractivity contribution is -0.123. The minimum absolute atomic E-state index is 0.250. The van der Waals surface area contributed by atoms with Crippen LogP contribution in [0.25, 0.3) is 10.8 Å². The summed E-state index contributed by atoms with van der Waals surface area (Å²) in [6.07, 6.45) is 0.765. The molecule has 0 unspecified atom stereocenters. The highest BCUT2D eigenvalue weighted by atomic mass is 79.9. The van der Waals surface area contributed by atoms with Crippen molar-refractivity contribution in [1.29, 1.82) is 0 Å². The first-order valence-electron chi connectivity index (χ1n) is 10.8. The van der Waals surface area contributed by atoms with Crippen LogP contribution in [0.2, 0.25) is 0 Å². The Morgan fingerprint density at radius 3 is 2.44 bits per heavy atom. The number of hydrazine groups is 1. The summed E-state index contributed by atoms with van der Waals surface area (Å²) in [4.78, 5) is 24.6. The molecule has 0 aromatic heterocycles. The van der Waals surface area contributed by atoms with Gasteiger partial charge in [0.1, 0.15) is 11.5 Å². The molecule has 0 saturated carbocycles. The number of carbonyl (C=O) groups excluding carboxylic acids is 2. The monoisotopic (exact) mass is 518 g/mol. The highest BCUT2D eigenvalue weighted by Gasteiger charge is 2.11. The van der Waals surface area contributed by atoms with Gasteiger partial charge in [-0.3, -0.25) is 20.4 Å². The van der Waals surface area contributed by atoms with Crippen molar-refractivity contribution in [2.45, 2.75) is 6.42 Å². The predicted octanol–water partition coefficient (Wildman–Crippen LogP) is 5.06.